The largest absolute Gasteiger partial charge is 0.354 e. The van der Waals surface area contributed by atoms with E-state index in [0.29, 0.717) is 0 Å². The summed E-state index contributed by atoms with van der Waals surface area (Å²) in [6.45, 7) is 0.719. The van der Waals surface area contributed by atoms with E-state index in [1.807, 2.05) is 66.3 Å². The van der Waals surface area contributed by atoms with E-state index in [-0.39, 0.29) is 4.90 Å². The van der Waals surface area contributed by atoms with Gasteiger partial charge in [-0.25, -0.2) is 18.2 Å². The SMILES string of the molecule is CN(Cc1ccccc1)c1cc(-c2ccccc2)n(-c2ccc(S(N)(=O)=O)cc2)n1. The summed E-state index contributed by atoms with van der Waals surface area (Å²) in [4.78, 5) is 2.15. The molecule has 30 heavy (non-hydrogen) atoms. The van der Waals surface area contributed by atoms with Crippen molar-refractivity contribution in [2.24, 2.45) is 5.14 Å². The second-order valence-electron chi connectivity index (χ2n) is 7.05. The van der Waals surface area contributed by atoms with Crippen LogP contribution in [0.5, 0.6) is 0 Å². The third kappa shape index (κ3) is 4.27. The lowest BCUT2D eigenvalue weighted by Crippen LogP contribution is -2.17. The number of aromatic nitrogens is 2. The van der Waals surface area contributed by atoms with Gasteiger partial charge in [-0.2, -0.15) is 0 Å². The lowest BCUT2D eigenvalue weighted by Gasteiger charge is -2.16. The highest BCUT2D eigenvalue weighted by molar-refractivity contribution is 7.89. The number of nitrogens with zero attached hydrogens (tertiary/aromatic N) is 3. The van der Waals surface area contributed by atoms with Crippen molar-refractivity contribution in [2.45, 2.75) is 11.4 Å². The Morgan fingerprint density at radius 2 is 1.50 bits per heavy atom. The predicted molar refractivity (Wildman–Crippen MR) is 119 cm³/mol. The Balaban J connectivity index is 1.75. The molecule has 0 saturated heterocycles. The van der Waals surface area contributed by atoms with Crippen molar-refractivity contribution in [3.63, 3.8) is 0 Å². The molecule has 0 amide bonds. The minimum Gasteiger partial charge on any atom is -0.354 e. The molecule has 0 bridgehead atoms. The average molecular weight is 419 g/mol. The third-order valence-corrected chi connectivity index (χ3v) is 5.76. The van der Waals surface area contributed by atoms with Crippen LogP contribution in [0.1, 0.15) is 5.56 Å². The lowest BCUT2D eigenvalue weighted by molar-refractivity contribution is 0.598. The summed E-state index contributed by atoms with van der Waals surface area (Å²) in [6.07, 6.45) is 0. The topological polar surface area (TPSA) is 81.2 Å². The molecule has 0 unspecified atom stereocenters. The van der Waals surface area contributed by atoms with Gasteiger partial charge in [0, 0.05) is 25.2 Å². The van der Waals surface area contributed by atoms with Crippen LogP contribution in [0.3, 0.4) is 0 Å². The normalized spacial score (nSPS) is 11.4. The quantitative estimate of drug-likeness (QED) is 0.516. The van der Waals surface area contributed by atoms with Gasteiger partial charge in [0.2, 0.25) is 10.0 Å². The van der Waals surface area contributed by atoms with Gasteiger partial charge in [0.1, 0.15) is 0 Å². The van der Waals surface area contributed by atoms with Crippen molar-refractivity contribution >= 4 is 15.8 Å². The maximum Gasteiger partial charge on any atom is 0.238 e. The van der Waals surface area contributed by atoms with Gasteiger partial charge >= 0.3 is 0 Å². The molecule has 0 aliphatic heterocycles. The molecule has 0 aliphatic carbocycles. The maximum absolute atomic E-state index is 11.6. The fraction of sp³-hybridized carbons (Fsp3) is 0.0870. The van der Waals surface area contributed by atoms with Crippen LogP contribution in [0.4, 0.5) is 5.82 Å². The van der Waals surface area contributed by atoms with Gasteiger partial charge in [-0.05, 0) is 29.8 Å². The standard InChI is InChI=1S/C23H22N4O2S/c1-26(17-18-8-4-2-5-9-18)23-16-22(19-10-6-3-7-11-19)27(25-23)20-12-14-21(15-13-20)30(24,28)29/h2-16H,17H2,1H3,(H2,24,28,29). The summed E-state index contributed by atoms with van der Waals surface area (Å²) in [6, 6.07) is 28.6. The van der Waals surface area contributed by atoms with E-state index < -0.39 is 10.0 Å². The molecule has 152 valence electrons. The molecule has 0 fully saturated rings. The summed E-state index contributed by atoms with van der Waals surface area (Å²) in [7, 11) is -1.75. The van der Waals surface area contributed by atoms with Crippen LogP contribution in [0.15, 0.2) is 95.9 Å². The first-order chi connectivity index (χ1) is 14.4. The van der Waals surface area contributed by atoms with Gasteiger partial charge in [-0.3, -0.25) is 0 Å². The molecule has 2 N–H and O–H groups in total. The van der Waals surface area contributed by atoms with Gasteiger partial charge in [-0.1, -0.05) is 60.7 Å². The van der Waals surface area contributed by atoms with Crippen LogP contribution < -0.4 is 10.0 Å². The van der Waals surface area contributed by atoms with Crippen molar-refractivity contribution in [2.75, 3.05) is 11.9 Å². The fourth-order valence-corrected chi connectivity index (χ4v) is 3.80. The predicted octanol–water partition coefficient (Wildman–Crippen LogP) is 3.82. The zero-order chi connectivity index (χ0) is 21.1. The molecule has 0 saturated carbocycles. The second kappa shape index (κ2) is 8.14. The van der Waals surface area contributed by atoms with E-state index in [4.69, 9.17) is 10.2 Å². The number of rotatable bonds is 6. The van der Waals surface area contributed by atoms with E-state index in [9.17, 15) is 8.42 Å². The minimum atomic E-state index is -3.74. The highest BCUT2D eigenvalue weighted by Crippen LogP contribution is 2.28. The van der Waals surface area contributed by atoms with Crippen molar-refractivity contribution in [1.82, 2.24) is 9.78 Å². The van der Waals surface area contributed by atoms with Crippen molar-refractivity contribution in [3.8, 4) is 16.9 Å². The fourth-order valence-electron chi connectivity index (χ4n) is 3.28. The molecule has 0 atom stereocenters. The molecule has 4 aromatic rings. The van der Waals surface area contributed by atoms with Crippen molar-refractivity contribution < 1.29 is 8.42 Å². The smallest absolute Gasteiger partial charge is 0.238 e. The Bertz CT molecular complexity index is 1240. The van der Waals surface area contributed by atoms with E-state index in [1.165, 1.54) is 17.7 Å². The van der Waals surface area contributed by atoms with Crippen LogP contribution in [-0.4, -0.2) is 25.2 Å². The monoisotopic (exact) mass is 418 g/mol. The number of hydrogen-bond donors (Lipinski definition) is 1. The van der Waals surface area contributed by atoms with Gasteiger partial charge in [0.25, 0.3) is 0 Å². The lowest BCUT2D eigenvalue weighted by atomic mass is 10.1. The summed E-state index contributed by atoms with van der Waals surface area (Å²) >= 11 is 0. The molecule has 6 nitrogen and oxygen atoms in total. The molecule has 0 radical (unpaired) electrons. The number of hydrogen-bond acceptors (Lipinski definition) is 4. The Labute approximate surface area is 176 Å². The van der Waals surface area contributed by atoms with Crippen LogP contribution in [0.2, 0.25) is 0 Å². The van der Waals surface area contributed by atoms with E-state index in [0.717, 1.165) is 29.3 Å². The summed E-state index contributed by atoms with van der Waals surface area (Å²) in [5.74, 6) is 0.813. The highest BCUT2D eigenvalue weighted by Gasteiger charge is 2.15. The Morgan fingerprint density at radius 1 is 0.900 bits per heavy atom. The summed E-state index contributed by atoms with van der Waals surface area (Å²) < 4.78 is 25.0. The molecule has 3 aromatic carbocycles. The Morgan fingerprint density at radius 3 is 2.10 bits per heavy atom. The molecular weight excluding hydrogens is 396 g/mol. The number of sulfonamides is 1. The number of nitrogens with two attached hydrogens (primary N) is 1. The molecule has 4 rings (SSSR count). The molecule has 7 heteroatoms. The van der Waals surface area contributed by atoms with Gasteiger partial charge in [0.05, 0.1) is 16.3 Å². The summed E-state index contributed by atoms with van der Waals surface area (Å²) in [5, 5.41) is 10.0. The van der Waals surface area contributed by atoms with Crippen molar-refractivity contribution in [3.05, 3.63) is 96.6 Å². The molecule has 1 aromatic heterocycles. The number of anilines is 1. The minimum absolute atomic E-state index is 0.0705. The molecule has 0 spiro atoms. The van der Waals surface area contributed by atoms with Gasteiger partial charge in [0.15, 0.2) is 5.82 Å². The molecule has 1 heterocycles. The zero-order valence-electron chi connectivity index (χ0n) is 16.5. The Hall–Kier alpha value is -3.42. The third-order valence-electron chi connectivity index (χ3n) is 4.83. The summed E-state index contributed by atoms with van der Waals surface area (Å²) in [5.41, 5.74) is 3.86. The van der Waals surface area contributed by atoms with Gasteiger partial charge in [-0.15, -0.1) is 5.10 Å². The first kappa shape index (κ1) is 19.9. The molecular formula is C23H22N4O2S. The Kier molecular flexibility index (Phi) is 5.39. The number of primary sulfonamides is 1. The van der Waals surface area contributed by atoms with E-state index >= 15 is 0 Å². The van der Waals surface area contributed by atoms with Gasteiger partial charge < -0.3 is 4.90 Å². The number of benzene rings is 3. The van der Waals surface area contributed by atoms with Crippen LogP contribution in [0, 0.1) is 0 Å². The van der Waals surface area contributed by atoms with Crippen LogP contribution in [0.25, 0.3) is 16.9 Å². The van der Waals surface area contributed by atoms with Crippen LogP contribution in [-0.2, 0) is 16.6 Å². The average Bonchev–Trinajstić information content (AvgIpc) is 3.20. The zero-order valence-corrected chi connectivity index (χ0v) is 17.3. The van der Waals surface area contributed by atoms with E-state index in [1.54, 1.807) is 12.1 Å². The van der Waals surface area contributed by atoms with Crippen molar-refractivity contribution in [1.29, 1.82) is 0 Å². The highest BCUT2D eigenvalue weighted by atomic mass is 32.2. The van der Waals surface area contributed by atoms with E-state index in [2.05, 4.69) is 17.0 Å². The first-order valence-electron chi connectivity index (χ1n) is 9.45. The van der Waals surface area contributed by atoms with Crippen LogP contribution >= 0.6 is 0 Å². The second-order valence-corrected chi connectivity index (χ2v) is 8.61. The maximum atomic E-state index is 11.6. The molecule has 0 aliphatic rings. The first-order valence-corrected chi connectivity index (χ1v) is 11.0.